The predicted octanol–water partition coefficient (Wildman–Crippen LogP) is 4.04. The zero-order chi connectivity index (χ0) is 23.3. The van der Waals surface area contributed by atoms with Crippen LogP contribution in [0.25, 0.3) is 0 Å². The summed E-state index contributed by atoms with van der Waals surface area (Å²) in [5, 5.41) is 0. The van der Waals surface area contributed by atoms with Crippen LogP contribution in [0.4, 0.5) is 13.2 Å². The van der Waals surface area contributed by atoms with Crippen molar-refractivity contribution < 1.29 is 18.0 Å². The molecule has 33 heavy (non-hydrogen) atoms. The first-order valence-electron chi connectivity index (χ1n) is 11.4. The van der Waals surface area contributed by atoms with Crippen LogP contribution in [-0.4, -0.2) is 57.8 Å². The number of hydrogen-bond donors (Lipinski definition) is 0. The van der Waals surface area contributed by atoms with E-state index >= 15 is 0 Å². The third-order valence-corrected chi connectivity index (χ3v) is 7.15. The summed E-state index contributed by atoms with van der Waals surface area (Å²) in [6, 6.07) is 6.48. The average Bonchev–Trinajstić information content (AvgIpc) is 3.19. The molecule has 0 spiro atoms. The van der Waals surface area contributed by atoms with Gasteiger partial charge >= 0.3 is 6.18 Å². The summed E-state index contributed by atoms with van der Waals surface area (Å²) >= 11 is 0. The highest BCUT2D eigenvalue weighted by molar-refractivity contribution is 6.15. The topological polar surface area (TPSA) is 48.8 Å². The number of alkyl halides is 3. The maximum atomic E-state index is 13.3. The van der Waals surface area contributed by atoms with Gasteiger partial charge in [0.2, 0.25) is 5.91 Å². The van der Waals surface area contributed by atoms with Gasteiger partial charge < -0.3 is 4.90 Å². The molecule has 4 heterocycles. The Bertz CT molecular complexity index is 1130. The summed E-state index contributed by atoms with van der Waals surface area (Å²) in [7, 11) is 0. The minimum absolute atomic E-state index is 0.00198. The van der Waals surface area contributed by atoms with Crippen molar-refractivity contribution in [3.8, 4) is 0 Å². The SMILES string of the molecule is Cc1cc(C2=NCc3cc4c(cc32)CN([C@@H]2CCCN(C(C)C(F)(F)F)C2)C(=O)C4)ccn1. The van der Waals surface area contributed by atoms with Crippen LogP contribution in [0.3, 0.4) is 0 Å². The molecule has 1 amide bonds. The fraction of sp³-hybridized carbons (Fsp3) is 0.480. The van der Waals surface area contributed by atoms with Gasteiger partial charge in [-0.3, -0.25) is 19.7 Å². The average molecular weight is 457 g/mol. The largest absolute Gasteiger partial charge is 0.403 e. The van der Waals surface area contributed by atoms with Crippen molar-refractivity contribution >= 4 is 11.6 Å². The fourth-order valence-electron chi connectivity index (χ4n) is 5.26. The van der Waals surface area contributed by atoms with Crippen LogP contribution in [-0.2, 0) is 24.3 Å². The first-order chi connectivity index (χ1) is 15.7. The van der Waals surface area contributed by atoms with Crippen LogP contribution in [0.2, 0.25) is 0 Å². The molecular formula is C25H27F3N4O. The zero-order valence-electron chi connectivity index (χ0n) is 18.8. The molecule has 1 fully saturated rings. The Balaban J connectivity index is 1.39. The minimum Gasteiger partial charge on any atom is -0.334 e. The van der Waals surface area contributed by atoms with Crippen LogP contribution in [0.1, 0.15) is 53.3 Å². The molecule has 1 unspecified atom stereocenters. The molecule has 1 aromatic heterocycles. The normalized spacial score (nSPS) is 22.1. The van der Waals surface area contributed by atoms with Crippen LogP contribution >= 0.6 is 0 Å². The third-order valence-electron chi connectivity index (χ3n) is 7.15. The van der Waals surface area contributed by atoms with Crippen LogP contribution in [0, 0.1) is 6.92 Å². The van der Waals surface area contributed by atoms with E-state index in [-0.39, 0.29) is 24.9 Å². The molecule has 0 radical (unpaired) electrons. The van der Waals surface area contributed by atoms with Crippen molar-refractivity contribution in [1.29, 1.82) is 0 Å². The van der Waals surface area contributed by atoms with Crippen LogP contribution in [0.5, 0.6) is 0 Å². The standard InChI is InChI=1S/C25H27F3N4O/c1-15-8-17(5-6-29-15)24-22-10-20-13-32(23(33)11-18(20)9-19(22)12-30-24)21-4-3-7-31(14-21)16(2)25(26,27)28/h5-6,8-10,16,21H,3-4,7,11-14H2,1-2H3/t16?,21-/m1/s1. The molecule has 8 heteroatoms. The molecule has 0 saturated carbocycles. The number of aryl methyl sites for hydroxylation is 1. The molecule has 174 valence electrons. The summed E-state index contributed by atoms with van der Waals surface area (Å²) in [6.45, 7) is 4.85. The highest BCUT2D eigenvalue weighted by atomic mass is 19.4. The minimum atomic E-state index is -4.26. The van der Waals surface area contributed by atoms with E-state index in [4.69, 9.17) is 4.99 Å². The molecule has 3 aliphatic rings. The zero-order valence-corrected chi connectivity index (χ0v) is 18.8. The fourth-order valence-corrected chi connectivity index (χ4v) is 5.26. The van der Waals surface area contributed by atoms with E-state index in [0.29, 0.717) is 26.1 Å². The molecule has 3 aliphatic heterocycles. The van der Waals surface area contributed by atoms with Gasteiger partial charge in [0, 0.05) is 42.1 Å². The van der Waals surface area contributed by atoms with E-state index in [0.717, 1.165) is 45.6 Å². The second kappa shape index (κ2) is 8.24. The summed E-state index contributed by atoms with van der Waals surface area (Å²) < 4.78 is 39.8. The van der Waals surface area contributed by atoms with Crippen molar-refractivity contribution in [2.45, 2.75) is 64.5 Å². The number of benzene rings is 1. The molecule has 0 bridgehead atoms. The molecule has 5 nitrogen and oxygen atoms in total. The lowest BCUT2D eigenvalue weighted by Crippen LogP contribution is -2.55. The summed E-state index contributed by atoms with van der Waals surface area (Å²) in [4.78, 5) is 25.3. The molecule has 1 aromatic carbocycles. The lowest BCUT2D eigenvalue weighted by Gasteiger charge is -2.43. The molecular weight excluding hydrogens is 429 g/mol. The lowest BCUT2D eigenvalue weighted by atomic mass is 9.89. The number of rotatable bonds is 3. The number of fused-ring (bicyclic) bond motifs is 2. The number of pyridine rings is 1. The van der Waals surface area contributed by atoms with Crippen LogP contribution < -0.4 is 0 Å². The number of amides is 1. The van der Waals surface area contributed by atoms with Crippen molar-refractivity contribution in [2.75, 3.05) is 13.1 Å². The molecule has 2 aromatic rings. The van der Waals surface area contributed by atoms with E-state index in [1.165, 1.54) is 11.8 Å². The number of hydrogen-bond acceptors (Lipinski definition) is 4. The monoisotopic (exact) mass is 456 g/mol. The number of aromatic nitrogens is 1. The predicted molar refractivity (Wildman–Crippen MR) is 119 cm³/mol. The van der Waals surface area contributed by atoms with Crippen molar-refractivity contribution in [2.24, 2.45) is 4.99 Å². The quantitative estimate of drug-likeness (QED) is 0.701. The Morgan fingerprint density at radius 3 is 2.73 bits per heavy atom. The summed E-state index contributed by atoms with van der Waals surface area (Å²) in [6.07, 6.45) is -0.805. The first kappa shape index (κ1) is 22.1. The molecule has 2 atom stereocenters. The second-order valence-corrected chi connectivity index (χ2v) is 9.34. The molecule has 0 N–H and O–H groups in total. The van der Waals surface area contributed by atoms with E-state index in [2.05, 4.69) is 17.1 Å². The van der Waals surface area contributed by atoms with Gasteiger partial charge in [-0.15, -0.1) is 0 Å². The smallest absolute Gasteiger partial charge is 0.334 e. The highest BCUT2D eigenvalue weighted by Crippen LogP contribution is 2.33. The molecule has 0 aliphatic carbocycles. The number of nitrogens with zero attached hydrogens (tertiary/aromatic N) is 4. The number of aliphatic imine (C=N–C) groups is 1. The van der Waals surface area contributed by atoms with E-state index in [1.807, 2.05) is 19.1 Å². The van der Waals surface area contributed by atoms with Crippen molar-refractivity contribution in [1.82, 2.24) is 14.8 Å². The van der Waals surface area contributed by atoms with Gasteiger partial charge in [0.15, 0.2) is 0 Å². The maximum absolute atomic E-state index is 13.3. The Kier molecular flexibility index (Phi) is 5.51. The van der Waals surface area contributed by atoms with Crippen LogP contribution in [0.15, 0.2) is 35.5 Å². The van der Waals surface area contributed by atoms with E-state index in [9.17, 15) is 18.0 Å². The van der Waals surface area contributed by atoms with Gasteiger partial charge in [0.25, 0.3) is 0 Å². The Labute approximate surface area is 191 Å². The van der Waals surface area contributed by atoms with Gasteiger partial charge in [-0.1, -0.05) is 6.07 Å². The maximum Gasteiger partial charge on any atom is 0.403 e. The number of halogens is 3. The van der Waals surface area contributed by atoms with Crippen molar-refractivity contribution in [3.05, 3.63) is 64.0 Å². The second-order valence-electron chi connectivity index (χ2n) is 9.34. The summed E-state index contributed by atoms with van der Waals surface area (Å²) in [5.74, 6) is -0.00198. The van der Waals surface area contributed by atoms with Gasteiger partial charge in [-0.2, -0.15) is 13.2 Å². The molecule has 5 rings (SSSR count). The van der Waals surface area contributed by atoms with Gasteiger partial charge in [0.05, 0.1) is 18.7 Å². The third kappa shape index (κ3) is 4.16. The van der Waals surface area contributed by atoms with Gasteiger partial charge in [-0.05, 0) is 68.1 Å². The van der Waals surface area contributed by atoms with E-state index < -0.39 is 12.2 Å². The molecule has 1 saturated heterocycles. The number of piperidine rings is 1. The Morgan fingerprint density at radius 2 is 1.97 bits per heavy atom. The number of likely N-dealkylation sites (tertiary alicyclic amines) is 1. The number of carbonyl (C=O) groups is 1. The Hall–Kier alpha value is -2.74. The van der Waals surface area contributed by atoms with E-state index in [1.54, 1.807) is 11.1 Å². The Morgan fingerprint density at radius 1 is 1.15 bits per heavy atom. The lowest BCUT2D eigenvalue weighted by molar-refractivity contribution is -0.183. The summed E-state index contributed by atoms with van der Waals surface area (Å²) in [5.41, 5.74) is 7.14. The first-order valence-corrected chi connectivity index (χ1v) is 11.4. The highest BCUT2D eigenvalue weighted by Gasteiger charge is 2.43. The number of carbonyl (C=O) groups excluding carboxylic acids is 1. The van der Waals surface area contributed by atoms with Gasteiger partial charge in [-0.25, -0.2) is 0 Å². The van der Waals surface area contributed by atoms with Gasteiger partial charge in [0.1, 0.15) is 6.04 Å². The van der Waals surface area contributed by atoms with Crippen molar-refractivity contribution in [3.63, 3.8) is 0 Å².